The summed E-state index contributed by atoms with van der Waals surface area (Å²) in [7, 11) is 0. The van der Waals surface area contributed by atoms with Gasteiger partial charge in [-0.05, 0) is 26.2 Å². The first kappa shape index (κ1) is 12.5. The second-order valence-corrected chi connectivity index (χ2v) is 3.82. The summed E-state index contributed by atoms with van der Waals surface area (Å²) in [5, 5.41) is 3.23. The second kappa shape index (κ2) is 6.80. The minimum Gasteiger partial charge on any atom is -0.465 e. The van der Waals surface area contributed by atoms with Gasteiger partial charge >= 0.3 is 5.97 Å². The molecule has 1 aliphatic rings. The molecule has 0 amide bonds. The molecule has 0 aliphatic heterocycles. The maximum absolute atomic E-state index is 11.5. The number of carbonyl (C=O) groups is 1. The number of hydrogen-bond acceptors (Lipinski definition) is 4. The van der Waals surface area contributed by atoms with E-state index in [4.69, 9.17) is 9.47 Å². The first-order valence-corrected chi connectivity index (χ1v) is 5.78. The van der Waals surface area contributed by atoms with Crippen molar-refractivity contribution >= 4 is 5.97 Å². The topological polar surface area (TPSA) is 47.6 Å². The number of esters is 1. The summed E-state index contributed by atoms with van der Waals surface area (Å²) >= 11 is 0. The summed E-state index contributed by atoms with van der Waals surface area (Å²) in [6.07, 6.45) is 3.28. The summed E-state index contributed by atoms with van der Waals surface area (Å²) < 4.78 is 10.4. The molecule has 1 rings (SSSR count). The van der Waals surface area contributed by atoms with Gasteiger partial charge in [-0.25, -0.2) is 0 Å². The van der Waals surface area contributed by atoms with Gasteiger partial charge in [0.1, 0.15) is 6.04 Å². The average molecular weight is 215 g/mol. The van der Waals surface area contributed by atoms with Gasteiger partial charge in [0.15, 0.2) is 0 Å². The van der Waals surface area contributed by atoms with Crippen LogP contribution in [0.2, 0.25) is 0 Å². The molecule has 1 saturated carbocycles. The van der Waals surface area contributed by atoms with E-state index in [2.05, 4.69) is 5.32 Å². The molecule has 0 aromatic rings. The van der Waals surface area contributed by atoms with Gasteiger partial charge in [-0.3, -0.25) is 10.1 Å². The van der Waals surface area contributed by atoms with Gasteiger partial charge in [0.2, 0.25) is 0 Å². The number of hydrogen-bond donors (Lipinski definition) is 1. The van der Waals surface area contributed by atoms with Gasteiger partial charge in [-0.2, -0.15) is 0 Å². The van der Waals surface area contributed by atoms with Crippen LogP contribution in [0.1, 0.15) is 33.1 Å². The molecule has 1 atom stereocenters. The fraction of sp³-hybridized carbons (Fsp3) is 0.909. The Hall–Kier alpha value is -0.610. The van der Waals surface area contributed by atoms with Gasteiger partial charge in [0.25, 0.3) is 0 Å². The Balaban J connectivity index is 2.26. The lowest BCUT2D eigenvalue weighted by Gasteiger charge is -2.16. The summed E-state index contributed by atoms with van der Waals surface area (Å²) in [6.45, 7) is 5.41. The predicted octanol–water partition coefficient (Wildman–Crippen LogP) is 1.10. The van der Waals surface area contributed by atoms with Crippen LogP contribution in [0.15, 0.2) is 0 Å². The summed E-state index contributed by atoms with van der Waals surface area (Å²) in [6, 6.07) is 0.202. The van der Waals surface area contributed by atoms with E-state index in [9.17, 15) is 4.79 Å². The fourth-order valence-electron chi connectivity index (χ4n) is 1.31. The van der Waals surface area contributed by atoms with E-state index in [1.165, 1.54) is 0 Å². The Labute approximate surface area is 91.3 Å². The van der Waals surface area contributed by atoms with Crippen molar-refractivity contribution in [2.45, 2.75) is 45.2 Å². The van der Waals surface area contributed by atoms with Crippen molar-refractivity contribution in [3.63, 3.8) is 0 Å². The van der Waals surface area contributed by atoms with Crippen LogP contribution < -0.4 is 5.32 Å². The zero-order valence-electron chi connectivity index (χ0n) is 9.62. The lowest BCUT2D eigenvalue weighted by atomic mass is 10.3. The molecule has 1 aliphatic carbocycles. The molecule has 1 fully saturated rings. The predicted molar refractivity (Wildman–Crippen MR) is 57.7 cm³/mol. The highest BCUT2D eigenvalue weighted by Gasteiger charge is 2.29. The van der Waals surface area contributed by atoms with Crippen LogP contribution in [-0.2, 0) is 14.3 Å². The van der Waals surface area contributed by atoms with E-state index in [1.807, 2.05) is 13.8 Å². The quantitative estimate of drug-likeness (QED) is 0.486. The standard InChI is InChI=1S/C11H21NO3/c1-3-7-14-8-10(11(13)15-4-2)12-9-5-6-9/h9-10,12H,3-8H2,1-2H3. The number of ether oxygens (including phenoxy) is 2. The third-order valence-corrected chi connectivity index (χ3v) is 2.22. The number of nitrogens with one attached hydrogen (secondary N) is 1. The lowest BCUT2D eigenvalue weighted by molar-refractivity contribution is -0.147. The van der Waals surface area contributed by atoms with Crippen LogP contribution in [0.3, 0.4) is 0 Å². The molecule has 1 unspecified atom stereocenters. The van der Waals surface area contributed by atoms with E-state index in [-0.39, 0.29) is 12.0 Å². The molecule has 0 radical (unpaired) electrons. The smallest absolute Gasteiger partial charge is 0.325 e. The molecular formula is C11H21NO3. The van der Waals surface area contributed by atoms with Gasteiger partial charge in [-0.1, -0.05) is 6.92 Å². The van der Waals surface area contributed by atoms with Crippen LogP contribution in [0.4, 0.5) is 0 Å². The molecule has 0 heterocycles. The van der Waals surface area contributed by atoms with E-state index in [0.717, 1.165) is 19.3 Å². The molecule has 15 heavy (non-hydrogen) atoms. The van der Waals surface area contributed by atoms with Crippen molar-refractivity contribution in [1.29, 1.82) is 0 Å². The summed E-state index contributed by atoms with van der Waals surface area (Å²) in [4.78, 5) is 11.5. The summed E-state index contributed by atoms with van der Waals surface area (Å²) in [5.74, 6) is -0.194. The largest absolute Gasteiger partial charge is 0.465 e. The zero-order valence-corrected chi connectivity index (χ0v) is 9.62. The normalized spacial score (nSPS) is 17.5. The van der Waals surface area contributed by atoms with Crippen molar-refractivity contribution in [2.24, 2.45) is 0 Å². The molecule has 1 N–H and O–H groups in total. The molecule has 4 nitrogen and oxygen atoms in total. The van der Waals surface area contributed by atoms with Crippen molar-refractivity contribution in [3.8, 4) is 0 Å². The second-order valence-electron chi connectivity index (χ2n) is 3.82. The lowest BCUT2D eigenvalue weighted by Crippen LogP contribution is -2.43. The fourth-order valence-corrected chi connectivity index (χ4v) is 1.31. The Morgan fingerprint density at radius 1 is 1.47 bits per heavy atom. The first-order chi connectivity index (χ1) is 7.27. The van der Waals surface area contributed by atoms with Crippen molar-refractivity contribution in [2.75, 3.05) is 19.8 Å². The molecule has 0 aromatic carbocycles. The third kappa shape index (κ3) is 5.14. The third-order valence-electron chi connectivity index (χ3n) is 2.22. The molecule has 0 saturated heterocycles. The monoisotopic (exact) mass is 215 g/mol. The van der Waals surface area contributed by atoms with E-state index in [1.54, 1.807) is 0 Å². The molecule has 88 valence electrons. The Morgan fingerprint density at radius 3 is 2.73 bits per heavy atom. The molecule has 0 aromatic heterocycles. The van der Waals surface area contributed by atoms with Crippen molar-refractivity contribution in [3.05, 3.63) is 0 Å². The maximum Gasteiger partial charge on any atom is 0.325 e. The minimum absolute atomic E-state index is 0.194. The van der Waals surface area contributed by atoms with Gasteiger partial charge < -0.3 is 9.47 Å². The Bertz CT molecular complexity index is 192. The van der Waals surface area contributed by atoms with Gasteiger partial charge in [0.05, 0.1) is 13.2 Å². The molecular weight excluding hydrogens is 194 g/mol. The van der Waals surface area contributed by atoms with Crippen LogP contribution >= 0.6 is 0 Å². The van der Waals surface area contributed by atoms with Gasteiger partial charge in [0, 0.05) is 12.6 Å². The van der Waals surface area contributed by atoms with Crippen LogP contribution in [-0.4, -0.2) is 37.9 Å². The van der Waals surface area contributed by atoms with Crippen LogP contribution in [0.25, 0.3) is 0 Å². The van der Waals surface area contributed by atoms with E-state index >= 15 is 0 Å². The van der Waals surface area contributed by atoms with E-state index in [0.29, 0.717) is 25.9 Å². The van der Waals surface area contributed by atoms with Crippen molar-refractivity contribution < 1.29 is 14.3 Å². The SMILES string of the molecule is CCCOCC(NC1CC1)C(=O)OCC. The highest BCUT2D eigenvalue weighted by atomic mass is 16.5. The number of carbonyl (C=O) groups excluding carboxylic acids is 1. The number of rotatable bonds is 8. The highest BCUT2D eigenvalue weighted by molar-refractivity contribution is 5.76. The van der Waals surface area contributed by atoms with Crippen LogP contribution in [0.5, 0.6) is 0 Å². The molecule has 0 spiro atoms. The van der Waals surface area contributed by atoms with Crippen LogP contribution in [0, 0.1) is 0 Å². The molecule has 4 heteroatoms. The van der Waals surface area contributed by atoms with E-state index < -0.39 is 0 Å². The zero-order chi connectivity index (χ0) is 11.1. The Kier molecular flexibility index (Phi) is 5.65. The van der Waals surface area contributed by atoms with Gasteiger partial charge in [-0.15, -0.1) is 0 Å². The van der Waals surface area contributed by atoms with Crippen molar-refractivity contribution in [1.82, 2.24) is 5.32 Å². The average Bonchev–Trinajstić information content (AvgIpc) is 3.01. The maximum atomic E-state index is 11.5. The highest BCUT2D eigenvalue weighted by Crippen LogP contribution is 2.19. The minimum atomic E-state index is -0.288. The summed E-state index contributed by atoms with van der Waals surface area (Å²) in [5.41, 5.74) is 0. The Morgan fingerprint density at radius 2 is 2.20 bits per heavy atom. The molecule has 0 bridgehead atoms. The first-order valence-electron chi connectivity index (χ1n) is 5.78.